The van der Waals surface area contributed by atoms with Crippen molar-refractivity contribution in [2.24, 2.45) is 0 Å². The van der Waals surface area contributed by atoms with E-state index in [0.717, 1.165) is 5.56 Å². The van der Waals surface area contributed by atoms with Gasteiger partial charge in [-0.2, -0.15) is 0 Å². The molecular formula is C44H55FN4O9. The molecule has 0 radical (unpaired) electrons. The molecule has 1 fully saturated rings. The first-order valence-electron chi connectivity index (χ1n) is 19.7. The van der Waals surface area contributed by atoms with Gasteiger partial charge in [0.05, 0.1) is 12.2 Å². The van der Waals surface area contributed by atoms with Crippen molar-refractivity contribution in [1.82, 2.24) is 20.9 Å². The number of hydrogen-bond donors (Lipinski definition) is 3. The third-order valence-electron chi connectivity index (χ3n) is 9.73. The average Bonchev–Trinajstić information content (AvgIpc) is 3.70. The molecule has 4 atom stereocenters. The van der Waals surface area contributed by atoms with Crippen LogP contribution in [-0.4, -0.2) is 83.1 Å². The highest BCUT2D eigenvalue weighted by Gasteiger charge is 2.42. The number of esters is 2. The lowest BCUT2D eigenvalue weighted by atomic mass is 9.94. The van der Waals surface area contributed by atoms with E-state index in [0.29, 0.717) is 36.8 Å². The first-order chi connectivity index (χ1) is 27.6. The summed E-state index contributed by atoms with van der Waals surface area (Å²) in [7, 11) is 0. The van der Waals surface area contributed by atoms with Crippen LogP contribution in [0.5, 0.6) is 0 Å². The van der Waals surface area contributed by atoms with Crippen molar-refractivity contribution in [3.05, 3.63) is 107 Å². The molecule has 4 rings (SSSR count). The van der Waals surface area contributed by atoms with Crippen molar-refractivity contribution < 1.29 is 47.4 Å². The molecule has 312 valence electrons. The Bertz CT molecular complexity index is 1850. The minimum atomic E-state index is -1.57. The van der Waals surface area contributed by atoms with Crippen LogP contribution in [0.25, 0.3) is 0 Å². The van der Waals surface area contributed by atoms with Gasteiger partial charge in [0, 0.05) is 13.0 Å². The Kier molecular flexibility index (Phi) is 16.3. The van der Waals surface area contributed by atoms with E-state index in [2.05, 4.69) is 16.0 Å². The zero-order valence-corrected chi connectivity index (χ0v) is 33.9. The number of ether oxygens (including phenoxy) is 3. The van der Waals surface area contributed by atoms with Gasteiger partial charge in [0.1, 0.15) is 41.7 Å². The van der Waals surface area contributed by atoms with Gasteiger partial charge in [-0.1, -0.05) is 67.6 Å². The monoisotopic (exact) mass is 802 g/mol. The van der Waals surface area contributed by atoms with Crippen molar-refractivity contribution in [3.8, 4) is 0 Å². The summed E-state index contributed by atoms with van der Waals surface area (Å²) in [6, 6.07) is 20.0. The number of halogens is 1. The number of nitrogens with zero attached hydrogens (tertiary/aromatic N) is 1. The van der Waals surface area contributed by atoms with Crippen molar-refractivity contribution >= 4 is 35.8 Å². The number of unbranched alkanes of at least 4 members (excludes halogenated alkanes) is 1. The minimum Gasteiger partial charge on any atom is -0.462 e. The highest BCUT2D eigenvalue weighted by atomic mass is 19.1. The Morgan fingerprint density at radius 3 is 2.10 bits per heavy atom. The molecule has 0 spiro atoms. The maximum atomic E-state index is 14.3. The molecule has 58 heavy (non-hydrogen) atoms. The second kappa shape index (κ2) is 21.1. The topological polar surface area (TPSA) is 169 Å². The number of nitrogens with one attached hydrogen (secondary N) is 3. The van der Waals surface area contributed by atoms with Crippen molar-refractivity contribution in [2.75, 3.05) is 13.2 Å². The molecule has 3 N–H and O–H groups in total. The third-order valence-corrected chi connectivity index (χ3v) is 9.73. The Morgan fingerprint density at radius 1 is 0.810 bits per heavy atom. The van der Waals surface area contributed by atoms with E-state index in [1.165, 1.54) is 36.1 Å². The van der Waals surface area contributed by atoms with E-state index in [9.17, 15) is 33.2 Å². The Labute approximate surface area is 339 Å². The van der Waals surface area contributed by atoms with Gasteiger partial charge in [-0.05, 0) is 102 Å². The summed E-state index contributed by atoms with van der Waals surface area (Å²) in [5, 5.41) is 8.20. The zero-order valence-electron chi connectivity index (χ0n) is 33.9. The summed E-state index contributed by atoms with van der Waals surface area (Å²) in [4.78, 5) is 82.2. The Hall–Kier alpha value is -5.79. The molecule has 1 unspecified atom stereocenters. The molecule has 1 aliphatic rings. The van der Waals surface area contributed by atoms with Crippen LogP contribution in [0, 0.1) is 5.82 Å². The molecule has 0 aromatic heterocycles. The van der Waals surface area contributed by atoms with Gasteiger partial charge in [0.15, 0.2) is 0 Å². The van der Waals surface area contributed by atoms with Gasteiger partial charge in [0.25, 0.3) is 0 Å². The van der Waals surface area contributed by atoms with Gasteiger partial charge >= 0.3 is 18.0 Å². The number of alkyl carbamates (subject to hydrolysis) is 1. The maximum absolute atomic E-state index is 14.3. The molecule has 13 nitrogen and oxygen atoms in total. The van der Waals surface area contributed by atoms with Gasteiger partial charge in [-0.15, -0.1) is 0 Å². The fourth-order valence-electron chi connectivity index (χ4n) is 6.33. The number of likely N-dealkylation sites (tertiary alicyclic amines) is 1. The van der Waals surface area contributed by atoms with Crippen LogP contribution in [0.1, 0.15) is 94.6 Å². The normalized spacial score (nSPS) is 15.9. The second-order valence-corrected chi connectivity index (χ2v) is 15.5. The van der Waals surface area contributed by atoms with Crippen molar-refractivity contribution in [3.63, 3.8) is 0 Å². The van der Waals surface area contributed by atoms with Crippen LogP contribution in [0.2, 0.25) is 0 Å². The lowest BCUT2D eigenvalue weighted by Gasteiger charge is -2.34. The van der Waals surface area contributed by atoms with E-state index >= 15 is 0 Å². The molecule has 14 heteroatoms. The average molecular weight is 803 g/mol. The van der Waals surface area contributed by atoms with E-state index in [4.69, 9.17) is 14.2 Å². The van der Waals surface area contributed by atoms with Crippen LogP contribution < -0.4 is 16.0 Å². The van der Waals surface area contributed by atoms with E-state index in [1.807, 2.05) is 30.3 Å². The maximum Gasteiger partial charge on any atom is 0.408 e. The van der Waals surface area contributed by atoms with Crippen LogP contribution in [-0.2, 0) is 46.4 Å². The number of carbonyl (C=O) groups excluding carboxylic acids is 6. The van der Waals surface area contributed by atoms with Crippen LogP contribution in [0.3, 0.4) is 0 Å². The smallest absolute Gasteiger partial charge is 0.408 e. The van der Waals surface area contributed by atoms with Crippen LogP contribution in [0.4, 0.5) is 9.18 Å². The first kappa shape index (κ1) is 44.9. The van der Waals surface area contributed by atoms with Crippen molar-refractivity contribution in [2.45, 2.75) is 115 Å². The minimum absolute atomic E-state index is 0.0292. The molecule has 4 amide bonds. The van der Waals surface area contributed by atoms with E-state index in [-0.39, 0.29) is 39.0 Å². The predicted molar refractivity (Wildman–Crippen MR) is 214 cm³/mol. The lowest BCUT2D eigenvalue weighted by molar-refractivity contribution is -0.155. The third kappa shape index (κ3) is 13.7. The summed E-state index contributed by atoms with van der Waals surface area (Å²) in [5.41, 5.74) is -0.668. The van der Waals surface area contributed by atoms with Gasteiger partial charge < -0.3 is 35.1 Å². The number of carbonyl (C=O) groups is 6. The largest absolute Gasteiger partial charge is 0.462 e. The SMILES string of the molecule is CCC(C)(NC(=O)[C@H](CCCCOC(=O)c1ccccc1)NC(=O)OC(C)(C)C)C(=O)N[C@@H](Cc1ccc(F)cc1)C(=O)N1CCC[C@@H]1C(=O)OCc1ccccc1. The molecular weight excluding hydrogens is 748 g/mol. The first-order valence-corrected chi connectivity index (χ1v) is 19.7. The van der Waals surface area contributed by atoms with Crippen molar-refractivity contribution in [1.29, 1.82) is 0 Å². The molecule has 3 aromatic carbocycles. The molecule has 0 saturated carbocycles. The number of benzene rings is 3. The number of hydrogen-bond acceptors (Lipinski definition) is 9. The Balaban J connectivity index is 1.47. The highest BCUT2D eigenvalue weighted by molar-refractivity contribution is 5.97. The molecule has 3 aromatic rings. The second-order valence-electron chi connectivity index (χ2n) is 15.5. The van der Waals surface area contributed by atoms with Gasteiger partial charge in [0.2, 0.25) is 17.7 Å². The van der Waals surface area contributed by atoms with E-state index in [1.54, 1.807) is 58.0 Å². The fourth-order valence-corrected chi connectivity index (χ4v) is 6.33. The highest BCUT2D eigenvalue weighted by Crippen LogP contribution is 2.23. The van der Waals surface area contributed by atoms with E-state index < -0.39 is 70.8 Å². The summed E-state index contributed by atoms with van der Waals surface area (Å²) in [5.74, 6) is -3.40. The molecule has 1 heterocycles. The standard InChI is InChI=1S/C44H55FN4O9/c1-6-44(5,48-37(50)34(47-42(55)58-43(2,3)4)20-13-14-27-56-39(52)32-18-11-8-12-19-32)41(54)46-35(28-30-22-24-33(45)25-23-30)38(51)49-26-15-21-36(49)40(53)57-29-31-16-9-7-10-17-31/h7-12,16-19,22-25,34-36H,6,13-15,20-21,26-29H2,1-5H3,(H,46,54)(H,47,55)(H,48,50)/t34-,35-,36+,44?/m0/s1. The summed E-state index contributed by atoms with van der Waals surface area (Å²) >= 11 is 0. The summed E-state index contributed by atoms with van der Waals surface area (Å²) < 4.78 is 30.2. The Morgan fingerprint density at radius 2 is 1.47 bits per heavy atom. The van der Waals surface area contributed by atoms with Gasteiger partial charge in [-0.25, -0.2) is 18.8 Å². The predicted octanol–water partition coefficient (Wildman–Crippen LogP) is 5.79. The van der Waals surface area contributed by atoms with Gasteiger partial charge in [-0.3, -0.25) is 14.4 Å². The zero-order chi connectivity index (χ0) is 42.3. The molecule has 0 aliphatic carbocycles. The molecule has 1 saturated heterocycles. The number of amides is 4. The number of rotatable bonds is 18. The van der Waals surface area contributed by atoms with Crippen LogP contribution in [0.15, 0.2) is 84.9 Å². The lowest BCUT2D eigenvalue weighted by Crippen LogP contribution is -2.63. The summed E-state index contributed by atoms with van der Waals surface area (Å²) in [6.45, 7) is 8.61. The van der Waals surface area contributed by atoms with Crippen LogP contribution >= 0.6 is 0 Å². The summed E-state index contributed by atoms with van der Waals surface area (Å²) in [6.07, 6.45) is 1.01. The molecule has 1 aliphatic heterocycles. The molecule has 0 bridgehead atoms. The quantitative estimate of drug-likeness (QED) is 0.0819. The fraction of sp³-hybridized carbons (Fsp3) is 0.455.